The van der Waals surface area contributed by atoms with Gasteiger partial charge >= 0.3 is 0 Å². The molecule has 1 fully saturated rings. The lowest BCUT2D eigenvalue weighted by Crippen LogP contribution is -2.32. The Morgan fingerprint density at radius 3 is 3.10 bits per heavy atom. The van der Waals surface area contributed by atoms with E-state index in [1.54, 1.807) is 0 Å². The summed E-state index contributed by atoms with van der Waals surface area (Å²) in [5, 5.41) is 8.44. The van der Waals surface area contributed by atoms with Crippen molar-refractivity contribution in [3.8, 4) is 6.07 Å². The number of nitriles is 1. The first-order valence-corrected chi connectivity index (χ1v) is 3.88. The summed E-state index contributed by atoms with van der Waals surface area (Å²) in [5.74, 6) is 0.642. The zero-order valence-electron chi connectivity index (χ0n) is 6.51. The zero-order valence-corrected chi connectivity index (χ0v) is 6.51. The zero-order chi connectivity index (χ0) is 7.40. The highest BCUT2D eigenvalue weighted by molar-refractivity contribution is 6.04. The van der Waals surface area contributed by atoms with E-state index < -0.39 is 0 Å². The third-order valence-electron chi connectivity index (χ3n) is 2.10. The van der Waals surface area contributed by atoms with Crippen LogP contribution in [0.2, 0.25) is 0 Å². The molecule has 0 aromatic carbocycles. The second-order valence-electron chi connectivity index (χ2n) is 3.13. The summed E-state index contributed by atoms with van der Waals surface area (Å²) in [5.41, 5.74) is 0. The molecule has 1 aliphatic heterocycles. The molecule has 0 amide bonds. The molecule has 2 nitrogen and oxygen atoms in total. The number of rotatable bonds is 1. The van der Waals surface area contributed by atoms with E-state index in [4.69, 9.17) is 5.26 Å². The van der Waals surface area contributed by atoms with Crippen molar-refractivity contribution in [3.05, 3.63) is 0 Å². The van der Waals surface area contributed by atoms with Crippen molar-refractivity contribution in [3.63, 3.8) is 0 Å². The molecule has 1 unspecified atom stereocenters. The van der Waals surface area contributed by atoms with Crippen LogP contribution in [0, 0.1) is 17.2 Å². The Balaban J connectivity index is 2.27. The Labute approximate surface area is 63.2 Å². The van der Waals surface area contributed by atoms with E-state index in [-0.39, 0.29) is 0 Å². The van der Waals surface area contributed by atoms with Gasteiger partial charge < -0.3 is 4.81 Å². The molecular formula is C7H13BN2. The van der Waals surface area contributed by atoms with Gasteiger partial charge in [-0.1, -0.05) is 0 Å². The number of hydrogen-bond donors (Lipinski definition) is 0. The summed E-state index contributed by atoms with van der Waals surface area (Å²) in [6, 6.07) is 2.23. The molecule has 0 radical (unpaired) electrons. The topological polar surface area (TPSA) is 27.0 Å². The fraction of sp³-hybridized carbons (Fsp3) is 0.857. The van der Waals surface area contributed by atoms with Crippen LogP contribution in [0.3, 0.4) is 0 Å². The Bertz CT molecular complexity index is 141. The van der Waals surface area contributed by atoms with E-state index in [0.717, 1.165) is 13.0 Å². The average molecular weight is 136 g/mol. The lowest BCUT2D eigenvalue weighted by atomic mass is 9.94. The van der Waals surface area contributed by atoms with E-state index >= 15 is 0 Å². The van der Waals surface area contributed by atoms with Crippen LogP contribution >= 0.6 is 0 Å². The van der Waals surface area contributed by atoms with Crippen LogP contribution < -0.4 is 0 Å². The van der Waals surface area contributed by atoms with Crippen LogP contribution in [0.4, 0.5) is 0 Å². The Kier molecular flexibility index (Phi) is 2.76. The first-order chi connectivity index (χ1) is 4.83. The average Bonchev–Trinajstić information content (AvgIpc) is 1.88. The van der Waals surface area contributed by atoms with Crippen LogP contribution in [0.5, 0.6) is 0 Å². The smallest absolute Gasteiger partial charge is 0.185 e. The molecule has 1 atom stereocenters. The van der Waals surface area contributed by atoms with Crippen molar-refractivity contribution in [1.29, 1.82) is 5.26 Å². The highest BCUT2D eigenvalue weighted by Gasteiger charge is 2.15. The molecule has 0 aliphatic carbocycles. The van der Waals surface area contributed by atoms with Crippen molar-refractivity contribution in [2.75, 3.05) is 13.1 Å². The van der Waals surface area contributed by atoms with Gasteiger partial charge in [0.1, 0.15) is 0 Å². The molecule has 1 aliphatic rings. The summed E-state index contributed by atoms with van der Waals surface area (Å²) in [7, 11) is 2.13. The van der Waals surface area contributed by atoms with Crippen molar-refractivity contribution < 1.29 is 0 Å². The van der Waals surface area contributed by atoms with Crippen LogP contribution in [-0.2, 0) is 0 Å². The number of piperidine rings is 1. The molecule has 0 aromatic heterocycles. The maximum atomic E-state index is 8.44. The second kappa shape index (κ2) is 3.63. The standard InChI is InChI=1S/C7H13BN2/c8-10-5-1-2-7(6-10)3-4-9/h7H,1-3,5-6,8H2. The minimum Gasteiger partial charge on any atom is -0.348 e. The molecule has 0 N–H and O–H groups in total. The first-order valence-electron chi connectivity index (χ1n) is 3.88. The Hall–Kier alpha value is -0.485. The number of nitrogens with zero attached hydrogens (tertiary/aromatic N) is 2. The monoisotopic (exact) mass is 136 g/mol. The molecule has 1 rings (SSSR count). The maximum Gasteiger partial charge on any atom is 0.185 e. The second-order valence-corrected chi connectivity index (χ2v) is 3.13. The van der Waals surface area contributed by atoms with Crippen LogP contribution in [-0.4, -0.2) is 25.9 Å². The van der Waals surface area contributed by atoms with E-state index in [1.165, 1.54) is 19.4 Å². The third kappa shape index (κ3) is 2.04. The summed E-state index contributed by atoms with van der Waals surface area (Å²) >= 11 is 0. The summed E-state index contributed by atoms with van der Waals surface area (Å²) in [6.07, 6.45) is 3.26. The largest absolute Gasteiger partial charge is 0.348 e. The van der Waals surface area contributed by atoms with E-state index in [2.05, 4.69) is 18.9 Å². The van der Waals surface area contributed by atoms with Crippen LogP contribution in [0.15, 0.2) is 0 Å². The van der Waals surface area contributed by atoms with Gasteiger partial charge in [0.15, 0.2) is 7.98 Å². The number of hydrogen-bond acceptors (Lipinski definition) is 2. The molecule has 0 bridgehead atoms. The predicted octanol–water partition coefficient (Wildman–Crippen LogP) is 0.160. The highest BCUT2D eigenvalue weighted by Crippen LogP contribution is 2.16. The van der Waals surface area contributed by atoms with Crippen molar-refractivity contribution in [1.82, 2.24) is 4.81 Å². The van der Waals surface area contributed by atoms with Gasteiger partial charge in [-0.15, -0.1) is 0 Å². The van der Waals surface area contributed by atoms with Gasteiger partial charge in [-0.3, -0.25) is 0 Å². The fourth-order valence-electron chi connectivity index (χ4n) is 1.57. The van der Waals surface area contributed by atoms with Crippen LogP contribution in [0.25, 0.3) is 0 Å². The molecule has 0 saturated carbocycles. The Morgan fingerprint density at radius 2 is 2.50 bits per heavy atom. The van der Waals surface area contributed by atoms with Crippen molar-refractivity contribution >= 4 is 7.98 Å². The van der Waals surface area contributed by atoms with E-state index in [0.29, 0.717) is 5.92 Å². The van der Waals surface area contributed by atoms with Gasteiger partial charge in [0, 0.05) is 6.42 Å². The minimum atomic E-state index is 0.642. The molecule has 0 aromatic rings. The highest BCUT2D eigenvalue weighted by atomic mass is 15.0. The first kappa shape index (κ1) is 7.62. The van der Waals surface area contributed by atoms with Gasteiger partial charge in [0.2, 0.25) is 0 Å². The fourth-order valence-corrected chi connectivity index (χ4v) is 1.57. The van der Waals surface area contributed by atoms with E-state index in [1.807, 2.05) is 0 Å². The van der Waals surface area contributed by atoms with Gasteiger partial charge in [0.05, 0.1) is 6.07 Å². The van der Waals surface area contributed by atoms with Gasteiger partial charge in [-0.2, -0.15) is 5.26 Å². The molecule has 54 valence electrons. The maximum absolute atomic E-state index is 8.44. The van der Waals surface area contributed by atoms with Gasteiger partial charge in [-0.25, -0.2) is 0 Å². The molecular weight excluding hydrogens is 123 g/mol. The van der Waals surface area contributed by atoms with E-state index in [9.17, 15) is 0 Å². The quantitative estimate of drug-likeness (QED) is 0.480. The predicted molar refractivity (Wildman–Crippen MR) is 43.1 cm³/mol. The molecule has 3 heteroatoms. The molecule has 1 saturated heterocycles. The molecule has 10 heavy (non-hydrogen) atoms. The summed E-state index contributed by atoms with van der Waals surface area (Å²) < 4.78 is 0. The SMILES string of the molecule is BN1CCCC(CC#N)C1. The Morgan fingerprint density at radius 1 is 1.70 bits per heavy atom. The normalized spacial score (nSPS) is 27.7. The lowest BCUT2D eigenvalue weighted by Gasteiger charge is -2.28. The minimum absolute atomic E-state index is 0.642. The molecule has 0 spiro atoms. The van der Waals surface area contributed by atoms with Gasteiger partial charge in [0.25, 0.3) is 0 Å². The van der Waals surface area contributed by atoms with Crippen molar-refractivity contribution in [2.24, 2.45) is 5.92 Å². The molecule has 1 heterocycles. The van der Waals surface area contributed by atoms with Gasteiger partial charge in [-0.05, 0) is 31.8 Å². The third-order valence-corrected chi connectivity index (χ3v) is 2.10. The lowest BCUT2D eigenvalue weighted by molar-refractivity contribution is 0.279. The summed E-state index contributed by atoms with van der Waals surface area (Å²) in [6.45, 7) is 2.33. The summed E-state index contributed by atoms with van der Waals surface area (Å²) in [4.78, 5) is 2.31. The van der Waals surface area contributed by atoms with Crippen molar-refractivity contribution in [2.45, 2.75) is 19.3 Å². The van der Waals surface area contributed by atoms with Crippen LogP contribution in [0.1, 0.15) is 19.3 Å².